The van der Waals surface area contributed by atoms with Gasteiger partial charge in [-0.25, -0.2) is 19.1 Å². The molecule has 1 unspecified atom stereocenters. The fourth-order valence-electron chi connectivity index (χ4n) is 1.32. The van der Waals surface area contributed by atoms with Crippen LogP contribution in [0.4, 0.5) is 4.79 Å². The maximum Gasteiger partial charge on any atom is 0.328 e. The molecule has 13 heavy (non-hydrogen) atoms. The molecule has 1 aliphatic rings. The second kappa shape index (κ2) is 3.93. The van der Waals surface area contributed by atoms with E-state index in [1.807, 2.05) is 5.43 Å². The van der Waals surface area contributed by atoms with Crippen LogP contribution in [0.5, 0.6) is 0 Å². The van der Waals surface area contributed by atoms with Gasteiger partial charge in [-0.1, -0.05) is 0 Å². The number of hydrogen-bond donors (Lipinski definition) is 3. The van der Waals surface area contributed by atoms with Gasteiger partial charge in [-0.05, 0) is 12.3 Å². The predicted molar refractivity (Wildman–Crippen MR) is 47.5 cm³/mol. The smallest absolute Gasteiger partial charge is 0.328 e. The van der Waals surface area contributed by atoms with Crippen molar-refractivity contribution >= 4 is 15.9 Å². The molecule has 7 heteroatoms. The Morgan fingerprint density at radius 1 is 1.54 bits per heavy atom. The molecule has 6 nitrogen and oxygen atoms in total. The lowest BCUT2D eigenvalue weighted by Crippen LogP contribution is -2.42. The second-order valence-corrected chi connectivity index (χ2v) is 5.35. The summed E-state index contributed by atoms with van der Waals surface area (Å²) in [6, 6.07) is -0.482. The summed E-state index contributed by atoms with van der Waals surface area (Å²) in [5, 5.41) is 2.47. The first-order valence-electron chi connectivity index (χ1n) is 3.98. The first-order chi connectivity index (χ1) is 6.03. The van der Waals surface area contributed by atoms with E-state index in [9.17, 15) is 13.2 Å². The third-order valence-electron chi connectivity index (χ3n) is 2.01. The highest BCUT2D eigenvalue weighted by Crippen LogP contribution is 2.16. The summed E-state index contributed by atoms with van der Waals surface area (Å²) in [6.07, 6.45) is 0.618. The molecule has 0 radical (unpaired) electrons. The molecule has 2 amide bonds. The molecule has 1 heterocycles. The lowest BCUT2D eigenvalue weighted by atomic mass is 10.1. The number of carbonyl (C=O) groups excluding carboxylic acids is 1. The SMILES string of the molecule is NNC(=O)NCC1CCS(=O)(=O)C1. The van der Waals surface area contributed by atoms with E-state index in [1.165, 1.54) is 0 Å². The van der Waals surface area contributed by atoms with Crippen molar-refractivity contribution in [3.63, 3.8) is 0 Å². The van der Waals surface area contributed by atoms with Crippen LogP contribution in [0.3, 0.4) is 0 Å². The Bertz CT molecular complexity index is 287. The lowest BCUT2D eigenvalue weighted by molar-refractivity contribution is 0.239. The Morgan fingerprint density at radius 2 is 2.23 bits per heavy atom. The van der Waals surface area contributed by atoms with Crippen LogP contribution in [0.1, 0.15) is 6.42 Å². The van der Waals surface area contributed by atoms with Gasteiger partial charge >= 0.3 is 6.03 Å². The maximum absolute atomic E-state index is 11.0. The van der Waals surface area contributed by atoms with Crippen molar-refractivity contribution < 1.29 is 13.2 Å². The number of nitrogens with two attached hydrogens (primary N) is 1. The zero-order valence-corrected chi connectivity index (χ0v) is 7.93. The van der Waals surface area contributed by atoms with E-state index >= 15 is 0 Å². The minimum atomic E-state index is -2.85. The highest BCUT2D eigenvalue weighted by Gasteiger charge is 2.27. The van der Waals surface area contributed by atoms with Gasteiger partial charge in [0.25, 0.3) is 0 Å². The summed E-state index contributed by atoms with van der Waals surface area (Å²) in [7, 11) is -2.85. The van der Waals surface area contributed by atoms with Gasteiger partial charge in [0, 0.05) is 6.54 Å². The summed E-state index contributed by atoms with van der Waals surface area (Å²) in [6.45, 7) is 0.363. The van der Waals surface area contributed by atoms with Gasteiger partial charge in [0.05, 0.1) is 11.5 Å². The molecule has 0 aromatic heterocycles. The number of amides is 2. The number of urea groups is 1. The first kappa shape index (κ1) is 10.3. The van der Waals surface area contributed by atoms with Gasteiger partial charge in [-0.2, -0.15) is 0 Å². The van der Waals surface area contributed by atoms with Gasteiger partial charge in [0.1, 0.15) is 0 Å². The number of sulfone groups is 1. The van der Waals surface area contributed by atoms with E-state index in [-0.39, 0.29) is 17.4 Å². The van der Waals surface area contributed by atoms with Gasteiger partial charge in [0.2, 0.25) is 0 Å². The number of rotatable bonds is 2. The van der Waals surface area contributed by atoms with E-state index in [0.29, 0.717) is 13.0 Å². The first-order valence-corrected chi connectivity index (χ1v) is 5.80. The number of hydrazine groups is 1. The van der Waals surface area contributed by atoms with Gasteiger partial charge in [-0.15, -0.1) is 0 Å². The van der Waals surface area contributed by atoms with Crippen LogP contribution < -0.4 is 16.6 Å². The minimum absolute atomic E-state index is 0.0299. The molecule has 0 spiro atoms. The van der Waals surface area contributed by atoms with E-state index in [1.54, 1.807) is 0 Å². The summed E-state index contributed by atoms with van der Waals surface area (Å²) in [5.41, 5.74) is 1.91. The van der Waals surface area contributed by atoms with Crippen molar-refractivity contribution in [3.8, 4) is 0 Å². The molecule has 0 aromatic rings. The lowest BCUT2D eigenvalue weighted by Gasteiger charge is -2.08. The van der Waals surface area contributed by atoms with E-state index in [2.05, 4.69) is 5.32 Å². The van der Waals surface area contributed by atoms with E-state index < -0.39 is 15.9 Å². The monoisotopic (exact) mass is 207 g/mol. The van der Waals surface area contributed by atoms with Crippen LogP contribution in [0.15, 0.2) is 0 Å². The summed E-state index contributed by atoms with van der Waals surface area (Å²) < 4.78 is 22.0. The van der Waals surface area contributed by atoms with Gasteiger partial charge < -0.3 is 5.32 Å². The Labute approximate surface area is 76.8 Å². The van der Waals surface area contributed by atoms with Crippen molar-refractivity contribution in [1.29, 1.82) is 0 Å². The molecule has 1 aliphatic heterocycles. The predicted octanol–water partition coefficient (Wildman–Crippen LogP) is -1.41. The summed E-state index contributed by atoms with van der Waals surface area (Å²) >= 11 is 0. The fourth-order valence-corrected chi connectivity index (χ4v) is 3.18. The molecular weight excluding hydrogens is 194 g/mol. The third kappa shape index (κ3) is 3.19. The highest BCUT2D eigenvalue weighted by atomic mass is 32.2. The van der Waals surface area contributed by atoms with Crippen LogP contribution in [-0.4, -0.2) is 32.5 Å². The van der Waals surface area contributed by atoms with Crippen LogP contribution >= 0.6 is 0 Å². The molecule has 1 saturated heterocycles. The Balaban J connectivity index is 2.29. The molecular formula is C6H13N3O3S. The van der Waals surface area contributed by atoms with Crippen molar-refractivity contribution in [2.75, 3.05) is 18.1 Å². The van der Waals surface area contributed by atoms with Crippen LogP contribution in [0.25, 0.3) is 0 Å². The summed E-state index contributed by atoms with van der Waals surface area (Å²) in [4.78, 5) is 10.6. The normalized spacial score (nSPS) is 25.5. The molecule has 4 N–H and O–H groups in total. The molecule has 0 aromatic carbocycles. The Hall–Kier alpha value is -0.820. The van der Waals surface area contributed by atoms with Crippen molar-refractivity contribution in [2.24, 2.45) is 11.8 Å². The standard InChI is InChI=1S/C6H13N3O3S/c7-9-6(10)8-3-5-1-2-13(11,12)4-5/h5H,1-4,7H2,(H2,8,9,10). The average Bonchev–Trinajstić information content (AvgIpc) is 2.41. The van der Waals surface area contributed by atoms with Crippen LogP contribution in [-0.2, 0) is 9.84 Å². The largest absolute Gasteiger partial charge is 0.337 e. The molecule has 76 valence electrons. The van der Waals surface area contributed by atoms with E-state index in [4.69, 9.17) is 5.84 Å². The zero-order valence-electron chi connectivity index (χ0n) is 7.12. The molecule has 1 fully saturated rings. The molecule has 1 atom stereocenters. The van der Waals surface area contributed by atoms with Gasteiger partial charge in [0.15, 0.2) is 9.84 Å². The Morgan fingerprint density at radius 3 is 2.69 bits per heavy atom. The number of carbonyl (C=O) groups is 1. The molecule has 0 aliphatic carbocycles. The van der Waals surface area contributed by atoms with Crippen LogP contribution in [0.2, 0.25) is 0 Å². The summed E-state index contributed by atoms with van der Waals surface area (Å²) in [5.74, 6) is 5.25. The van der Waals surface area contributed by atoms with Crippen LogP contribution in [0, 0.1) is 5.92 Å². The van der Waals surface area contributed by atoms with Crippen molar-refractivity contribution in [1.82, 2.24) is 10.7 Å². The topological polar surface area (TPSA) is 101 Å². The third-order valence-corrected chi connectivity index (χ3v) is 3.85. The Kier molecular flexibility index (Phi) is 3.10. The molecule has 1 rings (SSSR count). The number of nitrogens with one attached hydrogen (secondary N) is 2. The molecule has 0 saturated carbocycles. The second-order valence-electron chi connectivity index (χ2n) is 3.12. The molecule has 0 bridgehead atoms. The minimum Gasteiger partial charge on any atom is -0.337 e. The van der Waals surface area contributed by atoms with E-state index in [0.717, 1.165) is 0 Å². The highest BCUT2D eigenvalue weighted by molar-refractivity contribution is 7.91. The van der Waals surface area contributed by atoms with Gasteiger partial charge in [-0.3, -0.25) is 5.43 Å². The average molecular weight is 207 g/mol. The van der Waals surface area contributed by atoms with Crippen molar-refractivity contribution in [2.45, 2.75) is 6.42 Å². The maximum atomic E-state index is 11.0. The fraction of sp³-hybridized carbons (Fsp3) is 0.833. The zero-order chi connectivity index (χ0) is 9.90. The number of hydrogen-bond acceptors (Lipinski definition) is 4. The quantitative estimate of drug-likeness (QED) is 0.294. The van der Waals surface area contributed by atoms with Crippen molar-refractivity contribution in [3.05, 3.63) is 0 Å².